The van der Waals surface area contributed by atoms with E-state index in [0.717, 1.165) is 16.3 Å². The number of benzene rings is 3. The molecule has 3 rings (SSSR count). The third kappa shape index (κ3) is 4.28. The number of aliphatic carboxylic acids is 1. The number of carbonyl (C=O) groups excluding carboxylic acids is 1. The second kappa shape index (κ2) is 7.94. The first-order valence-electron chi connectivity index (χ1n) is 8.28. The molecular formula is C22H16ClNO3. The minimum absolute atomic E-state index is 0.336. The Morgan fingerprint density at radius 1 is 1.00 bits per heavy atom. The van der Waals surface area contributed by atoms with Crippen LogP contribution in [0.1, 0.15) is 28.4 Å². The molecule has 0 aromatic heterocycles. The predicted molar refractivity (Wildman–Crippen MR) is 106 cm³/mol. The lowest BCUT2D eigenvalue weighted by atomic mass is 9.98. The third-order valence-electron chi connectivity index (χ3n) is 4.07. The Hall–Kier alpha value is -3.29. The maximum Gasteiger partial charge on any atom is 0.325 e. The monoisotopic (exact) mass is 377 g/mol. The van der Waals surface area contributed by atoms with Gasteiger partial charge < -0.3 is 10.4 Å². The van der Waals surface area contributed by atoms with Gasteiger partial charge in [-0.2, -0.15) is 0 Å². The van der Waals surface area contributed by atoms with Gasteiger partial charge in [0.25, 0.3) is 5.91 Å². The highest BCUT2D eigenvalue weighted by atomic mass is 35.5. The van der Waals surface area contributed by atoms with Crippen molar-refractivity contribution in [2.24, 2.45) is 0 Å². The van der Waals surface area contributed by atoms with Gasteiger partial charge in [0.1, 0.15) is 6.04 Å². The van der Waals surface area contributed by atoms with Gasteiger partial charge in [-0.1, -0.05) is 53.8 Å². The van der Waals surface area contributed by atoms with Crippen LogP contribution < -0.4 is 5.32 Å². The van der Waals surface area contributed by atoms with Crippen molar-refractivity contribution in [3.8, 4) is 11.8 Å². The number of hydrogen-bond acceptors (Lipinski definition) is 2. The van der Waals surface area contributed by atoms with E-state index in [1.165, 1.54) is 6.92 Å². The van der Waals surface area contributed by atoms with Gasteiger partial charge in [0.2, 0.25) is 0 Å². The van der Waals surface area contributed by atoms with Crippen molar-refractivity contribution in [2.75, 3.05) is 0 Å². The Bertz CT molecular complexity index is 1080. The molecule has 1 unspecified atom stereocenters. The summed E-state index contributed by atoms with van der Waals surface area (Å²) in [6.45, 7) is 1.42. The molecule has 134 valence electrons. The molecule has 0 spiro atoms. The molecular weight excluding hydrogens is 362 g/mol. The van der Waals surface area contributed by atoms with E-state index < -0.39 is 17.9 Å². The zero-order chi connectivity index (χ0) is 19.4. The van der Waals surface area contributed by atoms with Crippen LogP contribution in [0.5, 0.6) is 0 Å². The van der Waals surface area contributed by atoms with Crippen LogP contribution in [0.15, 0.2) is 60.7 Å². The number of amides is 1. The highest BCUT2D eigenvalue weighted by Gasteiger charge is 2.18. The van der Waals surface area contributed by atoms with E-state index in [0.29, 0.717) is 16.1 Å². The topological polar surface area (TPSA) is 66.4 Å². The Morgan fingerprint density at radius 2 is 1.70 bits per heavy atom. The van der Waals surface area contributed by atoms with E-state index in [1.54, 1.807) is 30.3 Å². The summed E-state index contributed by atoms with van der Waals surface area (Å²) in [5.74, 6) is 4.55. The molecule has 0 saturated heterocycles. The number of fused-ring (bicyclic) bond motifs is 1. The molecule has 1 atom stereocenters. The zero-order valence-corrected chi connectivity index (χ0v) is 15.2. The van der Waals surface area contributed by atoms with Crippen molar-refractivity contribution in [1.82, 2.24) is 5.32 Å². The molecule has 5 heteroatoms. The molecule has 0 radical (unpaired) electrons. The van der Waals surface area contributed by atoms with E-state index >= 15 is 0 Å². The van der Waals surface area contributed by atoms with Gasteiger partial charge in [-0.25, -0.2) is 0 Å². The summed E-state index contributed by atoms with van der Waals surface area (Å²) < 4.78 is 0. The fourth-order valence-electron chi connectivity index (χ4n) is 2.60. The van der Waals surface area contributed by atoms with Crippen molar-refractivity contribution in [2.45, 2.75) is 13.0 Å². The Kier molecular flexibility index (Phi) is 5.44. The number of carboxylic acids is 1. The van der Waals surface area contributed by atoms with Crippen molar-refractivity contribution in [3.63, 3.8) is 0 Å². The number of hydrogen-bond donors (Lipinski definition) is 2. The summed E-state index contributed by atoms with van der Waals surface area (Å²) in [4.78, 5) is 23.7. The van der Waals surface area contributed by atoms with Crippen LogP contribution >= 0.6 is 11.6 Å². The van der Waals surface area contributed by atoms with E-state index in [-0.39, 0.29) is 0 Å². The van der Waals surface area contributed by atoms with Crippen molar-refractivity contribution < 1.29 is 14.7 Å². The minimum Gasteiger partial charge on any atom is -0.480 e. The summed E-state index contributed by atoms with van der Waals surface area (Å²) in [5.41, 5.74) is 1.65. The van der Waals surface area contributed by atoms with Crippen molar-refractivity contribution in [1.29, 1.82) is 0 Å². The SMILES string of the molecule is CC(NC(=O)c1ccc2ccccc2c1C#Cc1ccc(Cl)cc1)C(=O)O. The second-order valence-corrected chi connectivity index (χ2v) is 6.44. The van der Waals surface area contributed by atoms with Gasteiger partial charge >= 0.3 is 5.97 Å². The minimum atomic E-state index is -1.10. The maximum atomic E-state index is 12.6. The first-order chi connectivity index (χ1) is 13.0. The summed E-state index contributed by atoms with van der Waals surface area (Å²) in [6, 6.07) is 17.2. The van der Waals surface area contributed by atoms with Gasteiger partial charge in [-0.15, -0.1) is 0 Å². The fraction of sp³-hybridized carbons (Fsp3) is 0.0909. The fourth-order valence-corrected chi connectivity index (χ4v) is 2.73. The Balaban J connectivity index is 2.09. The number of halogens is 1. The number of carbonyl (C=O) groups is 2. The normalized spacial score (nSPS) is 11.3. The van der Waals surface area contributed by atoms with Crippen LogP contribution in [0.3, 0.4) is 0 Å². The first-order valence-corrected chi connectivity index (χ1v) is 8.66. The Morgan fingerprint density at radius 3 is 2.41 bits per heavy atom. The van der Waals surface area contributed by atoms with Crippen LogP contribution in [-0.4, -0.2) is 23.0 Å². The molecule has 0 saturated carbocycles. The predicted octanol–water partition coefficient (Wildman–Crippen LogP) is 4.10. The summed E-state index contributed by atoms with van der Waals surface area (Å²) in [5, 5.41) is 13.9. The lowest BCUT2D eigenvalue weighted by Gasteiger charge is -2.12. The summed E-state index contributed by atoms with van der Waals surface area (Å²) in [7, 11) is 0. The average molecular weight is 378 g/mol. The molecule has 4 nitrogen and oxygen atoms in total. The molecule has 0 heterocycles. The molecule has 0 fully saturated rings. The second-order valence-electron chi connectivity index (χ2n) is 6.00. The standard InChI is InChI=1S/C22H16ClNO3/c1-14(22(26)27)24-21(25)20-13-9-16-4-2-3-5-18(16)19(20)12-8-15-6-10-17(23)11-7-15/h2-7,9-11,13-14H,1H3,(H,24,25)(H,26,27). The highest BCUT2D eigenvalue weighted by Crippen LogP contribution is 2.22. The van der Waals surface area contributed by atoms with Gasteiger partial charge in [0, 0.05) is 16.1 Å². The molecule has 1 amide bonds. The van der Waals surface area contributed by atoms with Crippen molar-refractivity contribution >= 4 is 34.2 Å². The van der Waals surface area contributed by atoms with Crippen LogP contribution in [0.25, 0.3) is 10.8 Å². The van der Waals surface area contributed by atoms with Gasteiger partial charge in [0.15, 0.2) is 0 Å². The third-order valence-corrected chi connectivity index (χ3v) is 4.32. The molecule has 2 N–H and O–H groups in total. The molecule has 27 heavy (non-hydrogen) atoms. The average Bonchev–Trinajstić information content (AvgIpc) is 2.67. The number of rotatable bonds is 3. The molecule has 3 aromatic rings. The largest absolute Gasteiger partial charge is 0.480 e. The van der Waals surface area contributed by atoms with Crippen LogP contribution in [0, 0.1) is 11.8 Å². The van der Waals surface area contributed by atoms with E-state index in [1.807, 2.05) is 30.3 Å². The van der Waals surface area contributed by atoms with Gasteiger partial charge in [0.05, 0.1) is 5.56 Å². The molecule has 0 aliphatic rings. The van der Waals surface area contributed by atoms with E-state index in [9.17, 15) is 9.59 Å². The van der Waals surface area contributed by atoms with Gasteiger partial charge in [-0.3, -0.25) is 9.59 Å². The smallest absolute Gasteiger partial charge is 0.325 e. The zero-order valence-electron chi connectivity index (χ0n) is 14.5. The van der Waals surface area contributed by atoms with Crippen molar-refractivity contribution in [3.05, 3.63) is 82.4 Å². The quantitative estimate of drug-likeness (QED) is 0.675. The van der Waals surface area contributed by atoms with Crippen LogP contribution in [-0.2, 0) is 4.79 Å². The van der Waals surface area contributed by atoms with E-state index in [4.69, 9.17) is 16.7 Å². The van der Waals surface area contributed by atoms with Crippen LogP contribution in [0.4, 0.5) is 0 Å². The summed E-state index contributed by atoms with van der Waals surface area (Å²) >= 11 is 5.90. The van der Waals surface area contributed by atoms with Gasteiger partial charge in [-0.05, 0) is 48.0 Å². The highest BCUT2D eigenvalue weighted by molar-refractivity contribution is 6.30. The molecule has 0 bridgehead atoms. The lowest BCUT2D eigenvalue weighted by molar-refractivity contribution is -0.138. The number of nitrogens with one attached hydrogen (secondary N) is 1. The lowest BCUT2D eigenvalue weighted by Crippen LogP contribution is -2.38. The maximum absolute atomic E-state index is 12.6. The first kappa shape index (κ1) is 18.5. The van der Waals surface area contributed by atoms with Crippen LogP contribution in [0.2, 0.25) is 5.02 Å². The summed E-state index contributed by atoms with van der Waals surface area (Å²) in [6.07, 6.45) is 0. The number of carboxylic acid groups (broad SMARTS) is 1. The molecule has 3 aromatic carbocycles. The Labute approximate surface area is 161 Å². The molecule has 0 aliphatic carbocycles. The van der Waals surface area contributed by atoms with E-state index in [2.05, 4.69) is 17.2 Å². The molecule has 0 aliphatic heterocycles.